The van der Waals surface area contributed by atoms with E-state index in [4.69, 9.17) is 23.2 Å². The molecule has 86 valence electrons. The third-order valence-electron chi connectivity index (χ3n) is 2.32. The van der Waals surface area contributed by atoms with Gasteiger partial charge >= 0.3 is 0 Å². The molecule has 0 aliphatic rings. The van der Waals surface area contributed by atoms with Gasteiger partial charge < -0.3 is 0 Å². The molecular weight excluding hydrogens is 261 g/mol. The van der Waals surface area contributed by atoms with Crippen molar-refractivity contribution in [1.29, 1.82) is 0 Å². The van der Waals surface area contributed by atoms with Crippen molar-refractivity contribution in [3.05, 3.63) is 62.6 Å². The first-order valence-corrected chi connectivity index (χ1v) is 5.53. The molecule has 0 bridgehead atoms. The van der Waals surface area contributed by atoms with Crippen molar-refractivity contribution < 1.29 is 4.92 Å². The molecule has 0 atom stereocenters. The number of halogens is 2. The quantitative estimate of drug-likeness (QED) is 0.591. The molecule has 0 saturated heterocycles. The van der Waals surface area contributed by atoms with E-state index >= 15 is 0 Å². The molecule has 2 rings (SSSR count). The zero-order valence-electron chi connectivity index (χ0n) is 8.56. The lowest BCUT2D eigenvalue weighted by molar-refractivity contribution is -0.384. The van der Waals surface area contributed by atoms with Crippen molar-refractivity contribution in [2.24, 2.45) is 0 Å². The second-order valence-electron chi connectivity index (χ2n) is 3.43. The molecular formula is C12H7Cl2NO2. The minimum Gasteiger partial charge on any atom is -0.258 e. The summed E-state index contributed by atoms with van der Waals surface area (Å²) in [6.07, 6.45) is 0. The van der Waals surface area contributed by atoms with Gasteiger partial charge in [-0.25, -0.2) is 0 Å². The average molecular weight is 268 g/mol. The molecule has 0 unspecified atom stereocenters. The Morgan fingerprint density at radius 1 is 1.00 bits per heavy atom. The minimum atomic E-state index is -0.441. The van der Waals surface area contributed by atoms with Crippen LogP contribution in [0.4, 0.5) is 5.69 Å². The zero-order chi connectivity index (χ0) is 12.4. The van der Waals surface area contributed by atoms with Crippen molar-refractivity contribution in [3.8, 4) is 11.1 Å². The van der Waals surface area contributed by atoms with E-state index in [2.05, 4.69) is 0 Å². The van der Waals surface area contributed by atoms with Gasteiger partial charge in [-0.15, -0.1) is 0 Å². The van der Waals surface area contributed by atoms with E-state index in [9.17, 15) is 10.1 Å². The third kappa shape index (κ3) is 2.57. The third-order valence-corrected chi connectivity index (χ3v) is 2.88. The maximum atomic E-state index is 10.5. The van der Waals surface area contributed by atoms with E-state index in [0.717, 1.165) is 11.1 Å². The number of nitro groups is 1. The highest BCUT2D eigenvalue weighted by molar-refractivity contribution is 6.35. The molecule has 0 aromatic heterocycles. The van der Waals surface area contributed by atoms with Crippen LogP contribution in [0.1, 0.15) is 0 Å². The summed E-state index contributed by atoms with van der Waals surface area (Å²) >= 11 is 11.9. The Morgan fingerprint density at radius 2 is 1.65 bits per heavy atom. The van der Waals surface area contributed by atoms with Gasteiger partial charge in [-0.3, -0.25) is 10.1 Å². The summed E-state index contributed by atoms with van der Waals surface area (Å²) in [5.41, 5.74) is 1.60. The standard InChI is InChI=1S/C12H7Cl2NO2/c13-9-3-6-12(14)11(7-9)8-1-4-10(5-2-8)15(16)17/h1-7H. The van der Waals surface area contributed by atoms with E-state index in [1.807, 2.05) is 0 Å². The fourth-order valence-electron chi connectivity index (χ4n) is 1.48. The van der Waals surface area contributed by atoms with Gasteiger partial charge in [-0.1, -0.05) is 23.2 Å². The number of hydrogen-bond donors (Lipinski definition) is 0. The molecule has 0 N–H and O–H groups in total. The van der Waals surface area contributed by atoms with Gasteiger partial charge in [0.2, 0.25) is 0 Å². The van der Waals surface area contributed by atoms with Crippen LogP contribution in [0.5, 0.6) is 0 Å². The smallest absolute Gasteiger partial charge is 0.258 e. The molecule has 0 aliphatic carbocycles. The summed E-state index contributed by atoms with van der Waals surface area (Å²) in [5, 5.41) is 11.7. The van der Waals surface area contributed by atoms with Gasteiger partial charge in [0, 0.05) is 27.7 Å². The molecule has 2 aromatic carbocycles. The summed E-state index contributed by atoms with van der Waals surface area (Å²) in [6.45, 7) is 0. The van der Waals surface area contributed by atoms with Gasteiger partial charge in [0.15, 0.2) is 0 Å². The van der Waals surface area contributed by atoms with Gasteiger partial charge in [0.1, 0.15) is 0 Å². The van der Waals surface area contributed by atoms with E-state index in [1.165, 1.54) is 12.1 Å². The first-order chi connectivity index (χ1) is 8.08. The normalized spacial score (nSPS) is 10.2. The monoisotopic (exact) mass is 267 g/mol. The van der Waals surface area contributed by atoms with Crippen LogP contribution in [0.3, 0.4) is 0 Å². The largest absolute Gasteiger partial charge is 0.269 e. The Hall–Kier alpha value is -1.58. The molecule has 0 radical (unpaired) electrons. The molecule has 0 spiro atoms. The molecule has 0 amide bonds. The first kappa shape index (κ1) is 11.9. The Kier molecular flexibility index (Phi) is 3.31. The Bertz CT molecular complexity index is 567. The van der Waals surface area contributed by atoms with E-state index < -0.39 is 4.92 Å². The van der Waals surface area contributed by atoms with Crippen LogP contribution < -0.4 is 0 Å². The van der Waals surface area contributed by atoms with Crippen molar-refractivity contribution in [2.75, 3.05) is 0 Å². The van der Waals surface area contributed by atoms with Crippen LogP contribution in [0.2, 0.25) is 10.0 Å². The molecule has 0 heterocycles. The number of non-ortho nitro benzene ring substituents is 1. The number of hydrogen-bond acceptors (Lipinski definition) is 2. The fraction of sp³-hybridized carbons (Fsp3) is 0. The number of nitrogens with zero attached hydrogens (tertiary/aromatic N) is 1. The van der Waals surface area contributed by atoms with Crippen molar-refractivity contribution >= 4 is 28.9 Å². The van der Waals surface area contributed by atoms with Crippen LogP contribution in [0.15, 0.2) is 42.5 Å². The lowest BCUT2D eigenvalue weighted by Gasteiger charge is -2.04. The molecule has 0 saturated carbocycles. The summed E-state index contributed by atoms with van der Waals surface area (Å²) in [5.74, 6) is 0. The zero-order valence-corrected chi connectivity index (χ0v) is 10.1. The summed E-state index contributed by atoms with van der Waals surface area (Å²) in [6, 6.07) is 11.3. The summed E-state index contributed by atoms with van der Waals surface area (Å²) in [4.78, 5) is 10.1. The Labute approximate surface area is 108 Å². The molecule has 5 heteroatoms. The fourth-order valence-corrected chi connectivity index (χ4v) is 1.88. The first-order valence-electron chi connectivity index (χ1n) is 4.78. The highest BCUT2D eigenvalue weighted by atomic mass is 35.5. The highest BCUT2D eigenvalue weighted by Gasteiger charge is 2.08. The Balaban J connectivity index is 2.46. The number of benzene rings is 2. The molecule has 0 fully saturated rings. The second-order valence-corrected chi connectivity index (χ2v) is 4.27. The van der Waals surface area contributed by atoms with Crippen molar-refractivity contribution in [2.45, 2.75) is 0 Å². The predicted molar refractivity (Wildman–Crippen MR) is 68.6 cm³/mol. The molecule has 17 heavy (non-hydrogen) atoms. The van der Waals surface area contributed by atoms with Crippen LogP contribution >= 0.6 is 23.2 Å². The van der Waals surface area contributed by atoms with Crippen LogP contribution in [0, 0.1) is 10.1 Å². The molecule has 0 aliphatic heterocycles. The predicted octanol–water partition coefficient (Wildman–Crippen LogP) is 4.57. The highest BCUT2D eigenvalue weighted by Crippen LogP contribution is 2.31. The maximum Gasteiger partial charge on any atom is 0.269 e. The lowest BCUT2D eigenvalue weighted by atomic mass is 10.1. The van der Waals surface area contributed by atoms with Crippen molar-refractivity contribution in [1.82, 2.24) is 0 Å². The summed E-state index contributed by atoms with van der Waals surface area (Å²) in [7, 11) is 0. The second kappa shape index (κ2) is 4.73. The van der Waals surface area contributed by atoms with E-state index in [0.29, 0.717) is 10.0 Å². The maximum absolute atomic E-state index is 10.5. The lowest BCUT2D eigenvalue weighted by Crippen LogP contribution is -1.87. The molecule has 3 nitrogen and oxygen atoms in total. The van der Waals surface area contributed by atoms with E-state index in [1.54, 1.807) is 30.3 Å². The topological polar surface area (TPSA) is 43.1 Å². The van der Waals surface area contributed by atoms with Crippen LogP contribution in [0.25, 0.3) is 11.1 Å². The average Bonchev–Trinajstić information content (AvgIpc) is 2.32. The minimum absolute atomic E-state index is 0.0481. The van der Waals surface area contributed by atoms with E-state index in [-0.39, 0.29) is 5.69 Å². The van der Waals surface area contributed by atoms with Crippen LogP contribution in [-0.2, 0) is 0 Å². The van der Waals surface area contributed by atoms with Gasteiger partial charge in [-0.2, -0.15) is 0 Å². The molecule has 2 aromatic rings. The van der Waals surface area contributed by atoms with Gasteiger partial charge in [0.25, 0.3) is 5.69 Å². The van der Waals surface area contributed by atoms with Gasteiger partial charge in [0.05, 0.1) is 4.92 Å². The summed E-state index contributed by atoms with van der Waals surface area (Å²) < 4.78 is 0. The SMILES string of the molecule is O=[N+]([O-])c1ccc(-c2cc(Cl)ccc2Cl)cc1. The van der Waals surface area contributed by atoms with Crippen molar-refractivity contribution in [3.63, 3.8) is 0 Å². The van der Waals surface area contributed by atoms with Crippen LogP contribution in [-0.4, -0.2) is 4.92 Å². The van der Waals surface area contributed by atoms with Gasteiger partial charge in [-0.05, 0) is 35.9 Å². The number of rotatable bonds is 2. The Morgan fingerprint density at radius 3 is 2.24 bits per heavy atom. The number of nitro benzene ring substituents is 1.